The zero-order valence-corrected chi connectivity index (χ0v) is 8.35. The zero-order chi connectivity index (χ0) is 12.4. The van der Waals surface area contributed by atoms with Gasteiger partial charge in [0.1, 0.15) is 0 Å². The number of nitro groups is 1. The summed E-state index contributed by atoms with van der Waals surface area (Å²) in [5, 5.41) is 26.2. The maximum atomic E-state index is 10.6. The van der Waals surface area contributed by atoms with Gasteiger partial charge in [0.15, 0.2) is 5.69 Å². The van der Waals surface area contributed by atoms with E-state index in [1.807, 2.05) is 0 Å². The van der Waals surface area contributed by atoms with Crippen molar-refractivity contribution in [1.29, 1.82) is 0 Å². The fourth-order valence-corrected chi connectivity index (χ4v) is 1.24. The molecule has 86 valence electrons. The molecule has 0 aliphatic carbocycles. The number of carbonyl (C=O) groups is 1. The Morgan fingerprint density at radius 3 is 2.82 bits per heavy atom. The summed E-state index contributed by atoms with van der Waals surface area (Å²) < 4.78 is 1.16. The Bertz CT molecular complexity index is 592. The fraction of sp³-hybridized carbons (Fsp3) is 0. The van der Waals surface area contributed by atoms with Crippen molar-refractivity contribution in [3.63, 3.8) is 0 Å². The van der Waals surface area contributed by atoms with E-state index in [4.69, 9.17) is 5.11 Å². The zero-order valence-electron chi connectivity index (χ0n) is 8.35. The first-order valence-electron chi connectivity index (χ1n) is 4.48. The molecule has 0 aliphatic heterocycles. The van der Waals surface area contributed by atoms with Crippen molar-refractivity contribution in [1.82, 2.24) is 15.0 Å². The molecule has 1 heterocycles. The van der Waals surface area contributed by atoms with Crippen molar-refractivity contribution in [3.05, 3.63) is 46.3 Å². The molecule has 2 rings (SSSR count). The van der Waals surface area contributed by atoms with E-state index in [0.717, 1.165) is 4.68 Å². The molecule has 0 unspecified atom stereocenters. The van der Waals surface area contributed by atoms with Crippen molar-refractivity contribution >= 4 is 11.7 Å². The van der Waals surface area contributed by atoms with E-state index in [1.54, 1.807) is 6.07 Å². The molecule has 8 heteroatoms. The van der Waals surface area contributed by atoms with E-state index < -0.39 is 10.9 Å². The van der Waals surface area contributed by atoms with Crippen LogP contribution in [0.3, 0.4) is 0 Å². The Morgan fingerprint density at radius 1 is 1.47 bits per heavy atom. The van der Waals surface area contributed by atoms with Crippen LogP contribution in [0.2, 0.25) is 0 Å². The van der Waals surface area contributed by atoms with Crippen LogP contribution in [0.15, 0.2) is 30.5 Å². The van der Waals surface area contributed by atoms with Gasteiger partial charge in [-0.05, 0) is 6.07 Å². The molecule has 0 saturated carbocycles. The van der Waals surface area contributed by atoms with E-state index in [9.17, 15) is 14.9 Å². The molecule has 0 atom stereocenters. The van der Waals surface area contributed by atoms with E-state index in [1.165, 1.54) is 24.4 Å². The molecule has 0 radical (unpaired) electrons. The number of nitrogens with zero attached hydrogens (tertiary/aromatic N) is 4. The molecule has 1 aromatic carbocycles. The van der Waals surface area contributed by atoms with Crippen molar-refractivity contribution in [2.45, 2.75) is 0 Å². The third kappa shape index (κ3) is 2.09. The number of nitro benzene ring substituents is 1. The Kier molecular flexibility index (Phi) is 2.53. The number of rotatable bonds is 3. The van der Waals surface area contributed by atoms with Crippen LogP contribution in [0.5, 0.6) is 0 Å². The van der Waals surface area contributed by atoms with Gasteiger partial charge in [-0.25, -0.2) is 9.48 Å². The lowest BCUT2D eigenvalue weighted by Gasteiger charge is -1.98. The topological polar surface area (TPSA) is 111 Å². The summed E-state index contributed by atoms with van der Waals surface area (Å²) in [7, 11) is 0. The number of carboxylic acid groups (broad SMARTS) is 1. The highest BCUT2D eigenvalue weighted by molar-refractivity contribution is 5.84. The van der Waals surface area contributed by atoms with Gasteiger partial charge in [0.25, 0.3) is 5.69 Å². The predicted molar refractivity (Wildman–Crippen MR) is 55.0 cm³/mol. The van der Waals surface area contributed by atoms with Gasteiger partial charge in [0.05, 0.1) is 16.8 Å². The average molecular weight is 234 g/mol. The van der Waals surface area contributed by atoms with Gasteiger partial charge >= 0.3 is 5.97 Å². The average Bonchev–Trinajstić information content (AvgIpc) is 2.78. The number of carboxylic acids is 1. The normalized spacial score (nSPS) is 10.1. The minimum Gasteiger partial charge on any atom is -0.476 e. The van der Waals surface area contributed by atoms with Crippen LogP contribution in [-0.4, -0.2) is 31.0 Å². The molecule has 0 amide bonds. The largest absolute Gasteiger partial charge is 0.476 e. The lowest BCUT2D eigenvalue weighted by molar-refractivity contribution is -0.384. The van der Waals surface area contributed by atoms with Crippen molar-refractivity contribution in [3.8, 4) is 5.69 Å². The third-order valence-electron chi connectivity index (χ3n) is 2.02. The molecule has 0 bridgehead atoms. The summed E-state index contributed by atoms with van der Waals surface area (Å²) in [5.74, 6) is -1.21. The molecule has 0 aliphatic rings. The van der Waals surface area contributed by atoms with Crippen LogP contribution in [0, 0.1) is 10.1 Å². The Morgan fingerprint density at radius 2 is 2.24 bits per heavy atom. The van der Waals surface area contributed by atoms with Gasteiger partial charge in [0.2, 0.25) is 0 Å². The minimum absolute atomic E-state index is 0.102. The highest BCUT2D eigenvalue weighted by Gasteiger charge is 2.11. The maximum absolute atomic E-state index is 10.6. The second kappa shape index (κ2) is 4.00. The summed E-state index contributed by atoms with van der Waals surface area (Å²) in [4.78, 5) is 20.6. The molecule has 2 aromatic rings. The quantitative estimate of drug-likeness (QED) is 0.623. The summed E-state index contributed by atoms with van der Waals surface area (Å²) in [6, 6.07) is 5.65. The molecule has 8 nitrogen and oxygen atoms in total. The summed E-state index contributed by atoms with van der Waals surface area (Å²) >= 11 is 0. The van der Waals surface area contributed by atoms with Gasteiger partial charge in [0, 0.05) is 12.1 Å². The van der Waals surface area contributed by atoms with Crippen LogP contribution < -0.4 is 0 Å². The number of aromatic carboxylic acids is 1. The number of aromatic nitrogens is 3. The molecule has 1 aromatic heterocycles. The standard InChI is InChI=1S/C9H6N4O4/c14-9(15)8-5-12(11-10-8)6-2-1-3-7(4-6)13(16)17/h1-5H,(H,14,15). The summed E-state index contributed by atoms with van der Waals surface area (Å²) in [6.07, 6.45) is 1.18. The highest BCUT2D eigenvalue weighted by Crippen LogP contribution is 2.15. The van der Waals surface area contributed by atoms with Crippen LogP contribution in [0.25, 0.3) is 5.69 Å². The third-order valence-corrected chi connectivity index (χ3v) is 2.02. The predicted octanol–water partition coefficient (Wildman–Crippen LogP) is 0.874. The molecule has 0 saturated heterocycles. The number of non-ortho nitro benzene ring substituents is 1. The monoisotopic (exact) mass is 234 g/mol. The second-order valence-corrected chi connectivity index (χ2v) is 3.13. The fourth-order valence-electron chi connectivity index (χ4n) is 1.24. The maximum Gasteiger partial charge on any atom is 0.358 e. The second-order valence-electron chi connectivity index (χ2n) is 3.13. The highest BCUT2D eigenvalue weighted by atomic mass is 16.6. The van der Waals surface area contributed by atoms with Crippen LogP contribution in [0.1, 0.15) is 10.5 Å². The lowest BCUT2D eigenvalue weighted by atomic mass is 10.3. The lowest BCUT2D eigenvalue weighted by Crippen LogP contribution is -1.97. The van der Waals surface area contributed by atoms with Gasteiger partial charge in [-0.3, -0.25) is 10.1 Å². The molecule has 0 spiro atoms. The smallest absolute Gasteiger partial charge is 0.358 e. The van der Waals surface area contributed by atoms with Crippen LogP contribution in [-0.2, 0) is 0 Å². The van der Waals surface area contributed by atoms with Crippen molar-refractivity contribution < 1.29 is 14.8 Å². The van der Waals surface area contributed by atoms with Crippen LogP contribution >= 0.6 is 0 Å². The molecular weight excluding hydrogens is 228 g/mol. The molecule has 17 heavy (non-hydrogen) atoms. The van der Waals surface area contributed by atoms with E-state index in [0.29, 0.717) is 5.69 Å². The SMILES string of the molecule is O=C(O)c1cn(-c2cccc([N+](=O)[O-])c2)nn1. The molecular formula is C9H6N4O4. The summed E-state index contributed by atoms with van der Waals surface area (Å²) in [5.41, 5.74) is 0.0468. The van der Waals surface area contributed by atoms with Gasteiger partial charge in [-0.15, -0.1) is 5.10 Å². The molecule has 0 fully saturated rings. The van der Waals surface area contributed by atoms with E-state index in [2.05, 4.69) is 10.3 Å². The van der Waals surface area contributed by atoms with E-state index in [-0.39, 0.29) is 11.4 Å². The first-order valence-corrected chi connectivity index (χ1v) is 4.48. The first kappa shape index (κ1) is 10.7. The van der Waals surface area contributed by atoms with Gasteiger partial charge in [-0.1, -0.05) is 11.3 Å². The number of benzene rings is 1. The minimum atomic E-state index is -1.21. The van der Waals surface area contributed by atoms with Crippen LogP contribution in [0.4, 0.5) is 5.69 Å². The number of hydrogen-bond donors (Lipinski definition) is 1. The first-order chi connectivity index (χ1) is 8.08. The Balaban J connectivity index is 2.42. The van der Waals surface area contributed by atoms with E-state index >= 15 is 0 Å². The molecule has 1 N–H and O–H groups in total. The number of hydrogen-bond acceptors (Lipinski definition) is 5. The van der Waals surface area contributed by atoms with Crippen molar-refractivity contribution in [2.24, 2.45) is 0 Å². The Hall–Kier alpha value is -2.77. The van der Waals surface area contributed by atoms with Gasteiger partial charge in [-0.2, -0.15) is 0 Å². The van der Waals surface area contributed by atoms with Gasteiger partial charge < -0.3 is 5.11 Å². The van der Waals surface area contributed by atoms with Crippen molar-refractivity contribution in [2.75, 3.05) is 0 Å². The Labute approximate surface area is 94.3 Å². The summed E-state index contributed by atoms with van der Waals surface area (Å²) in [6.45, 7) is 0.